The topological polar surface area (TPSA) is 21.3 Å². The van der Waals surface area contributed by atoms with E-state index < -0.39 is 0 Å². The summed E-state index contributed by atoms with van der Waals surface area (Å²) in [5, 5.41) is 3.39. The van der Waals surface area contributed by atoms with Gasteiger partial charge in [0.25, 0.3) is 0 Å². The Morgan fingerprint density at radius 3 is 2.50 bits per heavy atom. The fourth-order valence-corrected chi connectivity index (χ4v) is 2.22. The lowest BCUT2D eigenvalue weighted by Crippen LogP contribution is -2.43. The van der Waals surface area contributed by atoms with Gasteiger partial charge in [-0.2, -0.15) is 0 Å². The maximum atomic E-state index is 5.69. The van der Waals surface area contributed by atoms with Gasteiger partial charge in [0.15, 0.2) is 0 Å². The van der Waals surface area contributed by atoms with E-state index in [1.54, 1.807) is 0 Å². The third-order valence-electron chi connectivity index (χ3n) is 3.31. The van der Waals surface area contributed by atoms with Gasteiger partial charge >= 0.3 is 0 Å². The Hall–Kier alpha value is -0.0800. The van der Waals surface area contributed by atoms with E-state index in [-0.39, 0.29) is 5.60 Å². The molecule has 12 heavy (non-hydrogen) atoms. The number of methoxy groups -OCH3 is 1. The van der Waals surface area contributed by atoms with Gasteiger partial charge in [-0.05, 0) is 38.3 Å². The molecule has 1 aliphatic carbocycles. The zero-order chi connectivity index (χ0) is 8.44. The second-order valence-electron chi connectivity index (χ2n) is 4.28. The highest BCUT2D eigenvalue weighted by atomic mass is 16.5. The third kappa shape index (κ3) is 1.80. The van der Waals surface area contributed by atoms with Gasteiger partial charge in [-0.25, -0.2) is 0 Å². The fourth-order valence-electron chi connectivity index (χ4n) is 2.22. The van der Waals surface area contributed by atoms with Crippen molar-refractivity contribution in [3.05, 3.63) is 0 Å². The predicted molar refractivity (Wildman–Crippen MR) is 49.2 cm³/mol. The maximum absolute atomic E-state index is 5.69. The molecule has 0 atom stereocenters. The Morgan fingerprint density at radius 2 is 2.00 bits per heavy atom. The number of hydrogen-bond donors (Lipinski definition) is 1. The molecule has 70 valence electrons. The van der Waals surface area contributed by atoms with Gasteiger partial charge in [-0.1, -0.05) is 12.8 Å². The van der Waals surface area contributed by atoms with Crippen molar-refractivity contribution in [1.82, 2.24) is 5.32 Å². The molecule has 2 rings (SSSR count). The molecular weight excluding hydrogens is 150 g/mol. The van der Waals surface area contributed by atoms with E-state index in [0.29, 0.717) is 0 Å². The summed E-state index contributed by atoms with van der Waals surface area (Å²) < 4.78 is 5.69. The lowest BCUT2D eigenvalue weighted by Gasteiger charge is -2.36. The Bertz CT molecular complexity index is 148. The molecule has 2 fully saturated rings. The van der Waals surface area contributed by atoms with Crippen LogP contribution in [0.2, 0.25) is 0 Å². The van der Waals surface area contributed by atoms with Crippen LogP contribution in [-0.4, -0.2) is 25.8 Å². The Kier molecular flexibility index (Phi) is 2.37. The van der Waals surface area contributed by atoms with E-state index >= 15 is 0 Å². The van der Waals surface area contributed by atoms with Crippen molar-refractivity contribution < 1.29 is 4.74 Å². The monoisotopic (exact) mass is 169 g/mol. The average Bonchev–Trinajstić information content (AvgIpc) is 2.90. The molecule has 1 N–H and O–H groups in total. The average molecular weight is 169 g/mol. The lowest BCUT2D eigenvalue weighted by atomic mass is 9.87. The summed E-state index contributed by atoms with van der Waals surface area (Å²) in [5.74, 6) is 0.989. The van der Waals surface area contributed by atoms with Gasteiger partial charge in [-0.3, -0.25) is 0 Å². The van der Waals surface area contributed by atoms with Gasteiger partial charge in [0.05, 0.1) is 5.60 Å². The lowest BCUT2D eigenvalue weighted by molar-refractivity contribution is -0.0442. The van der Waals surface area contributed by atoms with E-state index in [1.807, 2.05) is 7.11 Å². The minimum Gasteiger partial charge on any atom is -0.378 e. The molecule has 0 amide bonds. The molecule has 2 heteroatoms. The van der Waals surface area contributed by atoms with Crippen LogP contribution < -0.4 is 5.32 Å². The molecular formula is C10H19NO. The zero-order valence-electron chi connectivity index (χ0n) is 7.94. The first-order chi connectivity index (χ1) is 5.85. The summed E-state index contributed by atoms with van der Waals surface area (Å²) in [6, 6.07) is 0. The molecule has 0 unspecified atom stereocenters. The van der Waals surface area contributed by atoms with Crippen molar-refractivity contribution in [3.8, 4) is 0 Å². The molecule has 0 bridgehead atoms. The highest BCUT2D eigenvalue weighted by molar-refractivity contribution is 4.91. The van der Waals surface area contributed by atoms with Gasteiger partial charge < -0.3 is 10.1 Å². The van der Waals surface area contributed by atoms with Crippen molar-refractivity contribution in [2.75, 3.05) is 20.2 Å². The molecule has 2 aliphatic rings. The Labute approximate surface area is 74.7 Å². The van der Waals surface area contributed by atoms with Crippen molar-refractivity contribution in [3.63, 3.8) is 0 Å². The molecule has 0 spiro atoms. The molecule has 1 heterocycles. The highest BCUT2D eigenvalue weighted by Crippen LogP contribution is 2.41. The Balaban J connectivity index is 1.90. The van der Waals surface area contributed by atoms with Gasteiger partial charge in [0.2, 0.25) is 0 Å². The van der Waals surface area contributed by atoms with Crippen LogP contribution in [0.1, 0.15) is 32.1 Å². The standard InChI is InChI=1S/C10H19NO/c1-12-10(8-9-2-3-9)4-6-11-7-5-10/h9,11H,2-8H2,1H3. The molecule has 1 saturated heterocycles. The molecule has 0 radical (unpaired) electrons. The molecule has 0 aromatic carbocycles. The fraction of sp³-hybridized carbons (Fsp3) is 1.00. The van der Waals surface area contributed by atoms with Crippen LogP contribution in [0.5, 0.6) is 0 Å². The van der Waals surface area contributed by atoms with E-state index in [1.165, 1.54) is 32.1 Å². The minimum atomic E-state index is 0.242. The SMILES string of the molecule is COC1(CC2CC2)CCNCC1. The number of piperidine rings is 1. The summed E-state index contributed by atoms with van der Waals surface area (Å²) in [6.07, 6.45) is 6.61. The largest absolute Gasteiger partial charge is 0.378 e. The first-order valence-corrected chi connectivity index (χ1v) is 5.10. The van der Waals surface area contributed by atoms with Crippen LogP contribution >= 0.6 is 0 Å². The smallest absolute Gasteiger partial charge is 0.0705 e. The molecule has 1 aliphatic heterocycles. The third-order valence-corrected chi connectivity index (χ3v) is 3.31. The van der Waals surface area contributed by atoms with Crippen LogP contribution in [-0.2, 0) is 4.74 Å². The second kappa shape index (κ2) is 3.35. The van der Waals surface area contributed by atoms with E-state index in [4.69, 9.17) is 4.74 Å². The first kappa shape index (κ1) is 8.52. The summed E-state index contributed by atoms with van der Waals surface area (Å²) in [4.78, 5) is 0. The number of hydrogen-bond acceptors (Lipinski definition) is 2. The Morgan fingerprint density at radius 1 is 1.33 bits per heavy atom. The zero-order valence-corrected chi connectivity index (χ0v) is 7.94. The van der Waals surface area contributed by atoms with Gasteiger partial charge in [-0.15, -0.1) is 0 Å². The van der Waals surface area contributed by atoms with Crippen LogP contribution in [0.15, 0.2) is 0 Å². The predicted octanol–water partition coefficient (Wildman–Crippen LogP) is 1.56. The number of rotatable bonds is 3. The van der Waals surface area contributed by atoms with Crippen LogP contribution in [0.3, 0.4) is 0 Å². The number of nitrogens with one attached hydrogen (secondary N) is 1. The number of ether oxygens (including phenoxy) is 1. The maximum Gasteiger partial charge on any atom is 0.0705 e. The summed E-state index contributed by atoms with van der Waals surface area (Å²) in [6.45, 7) is 2.28. The summed E-state index contributed by atoms with van der Waals surface area (Å²) >= 11 is 0. The van der Waals surface area contributed by atoms with Crippen LogP contribution in [0.4, 0.5) is 0 Å². The molecule has 0 aromatic rings. The van der Waals surface area contributed by atoms with Crippen LogP contribution in [0.25, 0.3) is 0 Å². The summed E-state index contributed by atoms with van der Waals surface area (Å²) in [7, 11) is 1.88. The van der Waals surface area contributed by atoms with Crippen molar-refractivity contribution in [2.24, 2.45) is 5.92 Å². The van der Waals surface area contributed by atoms with Crippen molar-refractivity contribution in [2.45, 2.75) is 37.7 Å². The quantitative estimate of drug-likeness (QED) is 0.692. The van der Waals surface area contributed by atoms with Gasteiger partial charge in [0.1, 0.15) is 0 Å². The van der Waals surface area contributed by atoms with E-state index in [9.17, 15) is 0 Å². The van der Waals surface area contributed by atoms with Gasteiger partial charge in [0, 0.05) is 7.11 Å². The van der Waals surface area contributed by atoms with Crippen molar-refractivity contribution >= 4 is 0 Å². The molecule has 2 nitrogen and oxygen atoms in total. The van der Waals surface area contributed by atoms with Crippen molar-refractivity contribution in [1.29, 1.82) is 0 Å². The highest BCUT2D eigenvalue weighted by Gasteiger charge is 2.37. The second-order valence-corrected chi connectivity index (χ2v) is 4.28. The van der Waals surface area contributed by atoms with E-state index in [2.05, 4.69) is 5.32 Å². The normalized spacial score (nSPS) is 28.8. The first-order valence-electron chi connectivity index (χ1n) is 5.10. The summed E-state index contributed by atoms with van der Waals surface area (Å²) in [5.41, 5.74) is 0.242. The minimum absolute atomic E-state index is 0.242. The van der Waals surface area contributed by atoms with Crippen LogP contribution in [0, 0.1) is 5.92 Å². The molecule has 1 saturated carbocycles. The molecule has 0 aromatic heterocycles. The van der Waals surface area contributed by atoms with E-state index in [0.717, 1.165) is 19.0 Å².